The third-order valence-corrected chi connectivity index (χ3v) is 6.21. The van der Waals surface area contributed by atoms with E-state index in [1.807, 2.05) is 17.0 Å². The van der Waals surface area contributed by atoms with Gasteiger partial charge in [-0.3, -0.25) is 4.79 Å². The number of hydrogen-bond donors (Lipinski definition) is 0. The Kier molecular flexibility index (Phi) is 5.23. The number of aromatic nitrogens is 4. The molecule has 1 aromatic carbocycles. The lowest BCUT2D eigenvalue weighted by Gasteiger charge is -2.41. The van der Waals surface area contributed by atoms with Crippen molar-refractivity contribution in [2.45, 2.75) is 58.4 Å². The highest BCUT2D eigenvalue weighted by Gasteiger charge is 2.33. The molecule has 4 rings (SSSR count). The fraction of sp³-hybridized carbons (Fsp3) is 0.619. The van der Waals surface area contributed by atoms with Crippen LogP contribution in [0, 0.1) is 11.8 Å². The zero-order chi connectivity index (χ0) is 18.8. The van der Waals surface area contributed by atoms with Crippen LogP contribution in [0.15, 0.2) is 24.3 Å². The van der Waals surface area contributed by atoms with E-state index in [9.17, 15) is 4.79 Å². The van der Waals surface area contributed by atoms with Crippen LogP contribution in [0.5, 0.6) is 0 Å². The zero-order valence-corrected chi connectivity index (χ0v) is 16.3. The molecule has 144 valence electrons. The minimum absolute atomic E-state index is 0.109. The van der Waals surface area contributed by atoms with Crippen molar-refractivity contribution >= 4 is 5.91 Å². The molecule has 1 saturated heterocycles. The molecule has 2 atom stereocenters. The Labute approximate surface area is 160 Å². The lowest BCUT2D eigenvalue weighted by molar-refractivity contribution is -0.135. The molecular weight excluding hydrogens is 338 g/mol. The first-order chi connectivity index (χ1) is 13.1. The fourth-order valence-corrected chi connectivity index (χ4v) is 4.49. The quantitative estimate of drug-likeness (QED) is 0.830. The van der Waals surface area contributed by atoms with E-state index in [1.165, 1.54) is 36.0 Å². The molecular formula is C21H29N5O. The number of rotatable bonds is 4. The highest BCUT2D eigenvalue weighted by molar-refractivity contribution is 5.76. The predicted octanol–water partition coefficient (Wildman–Crippen LogP) is 3.50. The van der Waals surface area contributed by atoms with Gasteiger partial charge in [-0.05, 0) is 41.4 Å². The van der Waals surface area contributed by atoms with Gasteiger partial charge in [0.05, 0.1) is 0 Å². The minimum atomic E-state index is 0.109. The molecule has 0 spiro atoms. The van der Waals surface area contributed by atoms with Gasteiger partial charge in [0.1, 0.15) is 6.54 Å². The second-order valence-electron chi connectivity index (χ2n) is 8.35. The summed E-state index contributed by atoms with van der Waals surface area (Å²) < 4.78 is 0. The molecule has 1 aromatic heterocycles. The van der Waals surface area contributed by atoms with Crippen molar-refractivity contribution in [1.29, 1.82) is 0 Å². The van der Waals surface area contributed by atoms with Gasteiger partial charge in [0.15, 0.2) is 0 Å². The molecule has 0 N–H and O–H groups in total. The van der Waals surface area contributed by atoms with E-state index in [-0.39, 0.29) is 12.5 Å². The highest BCUT2D eigenvalue weighted by atomic mass is 16.2. The van der Waals surface area contributed by atoms with Gasteiger partial charge in [0.2, 0.25) is 11.7 Å². The van der Waals surface area contributed by atoms with Crippen molar-refractivity contribution in [2.75, 3.05) is 13.1 Å². The standard InChI is InChI=1S/C21H29N5O/c1-15(2)16-7-9-18(10-8-16)21-22-24-26(23-21)14-20(27)25-12-11-17-5-3-4-6-19(17)13-25/h7-10,15,17,19H,3-6,11-14H2,1-2H3/t17-,19-/m1/s1. The van der Waals surface area contributed by atoms with Crippen molar-refractivity contribution in [3.05, 3.63) is 29.8 Å². The Morgan fingerprint density at radius 1 is 1.11 bits per heavy atom. The number of piperidine rings is 1. The van der Waals surface area contributed by atoms with Crippen LogP contribution in [0.4, 0.5) is 0 Å². The lowest BCUT2D eigenvalue weighted by Crippen LogP contribution is -2.46. The molecule has 1 aliphatic carbocycles. The largest absolute Gasteiger partial charge is 0.341 e. The van der Waals surface area contributed by atoms with E-state index in [2.05, 4.69) is 41.4 Å². The number of likely N-dealkylation sites (tertiary alicyclic amines) is 1. The first-order valence-corrected chi connectivity index (χ1v) is 10.3. The van der Waals surface area contributed by atoms with E-state index < -0.39 is 0 Å². The molecule has 6 nitrogen and oxygen atoms in total. The molecule has 2 heterocycles. The summed E-state index contributed by atoms with van der Waals surface area (Å²) in [6.45, 7) is 6.30. The van der Waals surface area contributed by atoms with Crippen LogP contribution in [0.2, 0.25) is 0 Å². The first-order valence-electron chi connectivity index (χ1n) is 10.3. The van der Waals surface area contributed by atoms with Crippen LogP contribution in [-0.4, -0.2) is 44.1 Å². The van der Waals surface area contributed by atoms with Gasteiger partial charge in [-0.15, -0.1) is 10.2 Å². The smallest absolute Gasteiger partial charge is 0.246 e. The third-order valence-electron chi connectivity index (χ3n) is 6.21. The van der Waals surface area contributed by atoms with Crippen LogP contribution >= 0.6 is 0 Å². The molecule has 1 saturated carbocycles. The van der Waals surface area contributed by atoms with Crippen LogP contribution in [0.1, 0.15) is 57.4 Å². The maximum Gasteiger partial charge on any atom is 0.246 e. The minimum Gasteiger partial charge on any atom is -0.341 e. The number of hydrogen-bond acceptors (Lipinski definition) is 4. The molecule has 0 radical (unpaired) electrons. The van der Waals surface area contributed by atoms with Gasteiger partial charge >= 0.3 is 0 Å². The van der Waals surface area contributed by atoms with Crippen molar-refractivity contribution in [1.82, 2.24) is 25.1 Å². The average molecular weight is 367 g/mol. The topological polar surface area (TPSA) is 63.9 Å². The molecule has 1 amide bonds. The number of carbonyl (C=O) groups is 1. The van der Waals surface area contributed by atoms with E-state index in [4.69, 9.17) is 0 Å². The zero-order valence-electron chi connectivity index (χ0n) is 16.3. The first kappa shape index (κ1) is 18.1. The Morgan fingerprint density at radius 2 is 1.85 bits per heavy atom. The summed E-state index contributed by atoms with van der Waals surface area (Å²) >= 11 is 0. The molecule has 1 aliphatic heterocycles. The van der Waals surface area contributed by atoms with Crippen LogP contribution in [0.3, 0.4) is 0 Å². The van der Waals surface area contributed by atoms with Crippen LogP contribution < -0.4 is 0 Å². The van der Waals surface area contributed by atoms with Gasteiger partial charge in [0, 0.05) is 18.7 Å². The van der Waals surface area contributed by atoms with Crippen molar-refractivity contribution in [3.63, 3.8) is 0 Å². The van der Waals surface area contributed by atoms with Gasteiger partial charge in [-0.25, -0.2) is 0 Å². The average Bonchev–Trinajstić information content (AvgIpc) is 3.16. The van der Waals surface area contributed by atoms with Gasteiger partial charge in [-0.2, -0.15) is 4.80 Å². The number of nitrogens with zero attached hydrogens (tertiary/aromatic N) is 5. The van der Waals surface area contributed by atoms with E-state index in [0.717, 1.165) is 31.0 Å². The number of tetrazole rings is 1. The van der Waals surface area contributed by atoms with Crippen molar-refractivity contribution < 1.29 is 4.79 Å². The monoisotopic (exact) mass is 367 g/mol. The highest BCUT2D eigenvalue weighted by Crippen LogP contribution is 2.36. The summed E-state index contributed by atoms with van der Waals surface area (Å²) in [4.78, 5) is 16.1. The Bertz CT molecular complexity index is 782. The second kappa shape index (κ2) is 7.79. The number of carbonyl (C=O) groups excluding carboxylic acids is 1. The third kappa shape index (κ3) is 4.04. The summed E-state index contributed by atoms with van der Waals surface area (Å²) in [6.07, 6.45) is 6.43. The Morgan fingerprint density at radius 3 is 2.59 bits per heavy atom. The summed E-state index contributed by atoms with van der Waals surface area (Å²) in [5, 5.41) is 12.6. The summed E-state index contributed by atoms with van der Waals surface area (Å²) in [5.74, 6) is 2.69. The number of benzene rings is 1. The van der Waals surface area contributed by atoms with Crippen LogP contribution in [0.25, 0.3) is 11.4 Å². The molecule has 2 fully saturated rings. The lowest BCUT2D eigenvalue weighted by atomic mass is 9.75. The summed E-state index contributed by atoms with van der Waals surface area (Å²) in [5.41, 5.74) is 2.22. The summed E-state index contributed by atoms with van der Waals surface area (Å²) in [6, 6.07) is 8.24. The normalized spacial score (nSPS) is 22.7. The Balaban J connectivity index is 1.38. The van der Waals surface area contributed by atoms with Gasteiger partial charge < -0.3 is 4.90 Å². The van der Waals surface area contributed by atoms with Gasteiger partial charge in [-0.1, -0.05) is 57.4 Å². The number of amides is 1. The predicted molar refractivity (Wildman–Crippen MR) is 104 cm³/mol. The Hall–Kier alpha value is -2.24. The molecule has 2 aromatic rings. The SMILES string of the molecule is CC(C)c1ccc(-c2nnn(CC(=O)N3CC[C@H]4CCCC[C@@H]4C3)n2)cc1. The molecule has 2 aliphatic rings. The summed E-state index contributed by atoms with van der Waals surface area (Å²) in [7, 11) is 0. The van der Waals surface area contributed by atoms with Crippen molar-refractivity contribution in [3.8, 4) is 11.4 Å². The van der Waals surface area contributed by atoms with Crippen LogP contribution in [-0.2, 0) is 11.3 Å². The van der Waals surface area contributed by atoms with Gasteiger partial charge in [0.25, 0.3) is 0 Å². The molecule has 27 heavy (non-hydrogen) atoms. The molecule has 6 heteroatoms. The molecule has 0 unspecified atom stereocenters. The second-order valence-corrected chi connectivity index (χ2v) is 8.35. The van der Waals surface area contributed by atoms with E-state index in [0.29, 0.717) is 17.7 Å². The fourth-order valence-electron chi connectivity index (χ4n) is 4.49. The van der Waals surface area contributed by atoms with Crippen molar-refractivity contribution in [2.24, 2.45) is 11.8 Å². The maximum absolute atomic E-state index is 12.7. The maximum atomic E-state index is 12.7. The van der Waals surface area contributed by atoms with E-state index in [1.54, 1.807) is 0 Å². The number of fused-ring (bicyclic) bond motifs is 1. The molecule has 0 bridgehead atoms. The van der Waals surface area contributed by atoms with E-state index >= 15 is 0 Å².